The van der Waals surface area contributed by atoms with Crippen molar-refractivity contribution in [1.82, 2.24) is 5.32 Å². The molecule has 206 valence electrons. The topological polar surface area (TPSA) is 119 Å². The van der Waals surface area contributed by atoms with Gasteiger partial charge in [0.1, 0.15) is 10.5 Å². The number of methoxy groups -OCH3 is 1. The molecule has 0 aliphatic carbocycles. The van der Waals surface area contributed by atoms with Crippen LogP contribution in [0.2, 0.25) is 10.0 Å². The lowest BCUT2D eigenvalue weighted by Gasteiger charge is -2.26. The Morgan fingerprint density at radius 3 is 2.33 bits per heavy atom. The normalized spacial score (nSPS) is 14.8. The van der Waals surface area contributed by atoms with Crippen LogP contribution in [0.15, 0.2) is 77.7 Å². The fourth-order valence-corrected chi connectivity index (χ4v) is 5.13. The third-order valence-corrected chi connectivity index (χ3v) is 7.79. The molecule has 3 aromatic rings. The first-order valence-electron chi connectivity index (χ1n) is 11.6. The zero-order valence-electron chi connectivity index (χ0n) is 21.2. The SMILES string of the molecule is C=CCc1cc(/C=C2\C(=O)NC(=O)N(c3ccc(Cl)c(Cl)c3)C2=O)cc(OC)c1OS(=O)(=O)c1ccc(C)cc1. The summed E-state index contributed by atoms with van der Waals surface area (Å²) in [6, 6.07) is 12.3. The number of nitrogens with zero attached hydrogens (tertiary/aromatic N) is 1. The maximum Gasteiger partial charge on any atom is 0.339 e. The number of urea groups is 1. The van der Waals surface area contributed by atoms with E-state index in [1.165, 1.54) is 61.7 Å². The van der Waals surface area contributed by atoms with Gasteiger partial charge < -0.3 is 8.92 Å². The van der Waals surface area contributed by atoms with E-state index >= 15 is 0 Å². The minimum absolute atomic E-state index is 0.0305. The predicted molar refractivity (Wildman–Crippen MR) is 151 cm³/mol. The van der Waals surface area contributed by atoms with Gasteiger partial charge in [0.2, 0.25) is 0 Å². The number of allylic oxidation sites excluding steroid dienone is 1. The van der Waals surface area contributed by atoms with Gasteiger partial charge in [0, 0.05) is 5.56 Å². The van der Waals surface area contributed by atoms with Gasteiger partial charge in [0.25, 0.3) is 11.8 Å². The van der Waals surface area contributed by atoms with Crippen molar-refractivity contribution in [2.24, 2.45) is 0 Å². The highest BCUT2D eigenvalue weighted by molar-refractivity contribution is 7.87. The lowest BCUT2D eigenvalue weighted by atomic mass is 10.0. The molecule has 40 heavy (non-hydrogen) atoms. The number of ether oxygens (including phenoxy) is 1. The third kappa shape index (κ3) is 5.89. The maximum atomic E-state index is 13.3. The number of amides is 4. The van der Waals surface area contributed by atoms with Gasteiger partial charge in [-0.1, -0.05) is 47.0 Å². The Balaban J connectivity index is 1.76. The van der Waals surface area contributed by atoms with E-state index in [2.05, 4.69) is 11.9 Å². The number of hydrogen-bond acceptors (Lipinski definition) is 7. The van der Waals surface area contributed by atoms with Crippen LogP contribution in [-0.2, 0) is 26.1 Å². The van der Waals surface area contributed by atoms with E-state index in [0.717, 1.165) is 10.5 Å². The quantitative estimate of drug-likeness (QED) is 0.157. The zero-order valence-corrected chi connectivity index (χ0v) is 23.6. The van der Waals surface area contributed by atoms with Gasteiger partial charge in [-0.05, 0) is 67.4 Å². The maximum absolute atomic E-state index is 13.3. The van der Waals surface area contributed by atoms with Gasteiger partial charge in [0.05, 0.1) is 22.8 Å². The molecule has 1 fully saturated rings. The van der Waals surface area contributed by atoms with Crippen LogP contribution in [0.1, 0.15) is 16.7 Å². The summed E-state index contributed by atoms with van der Waals surface area (Å²) in [6.07, 6.45) is 2.95. The van der Waals surface area contributed by atoms with Crippen molar-refractivity contribution >= 4 is 62.9 Å². The first-order valence-corrected chi connectivity index (χ1v) is 13.8. The van der Waals surface area contributed by atoms with Crippen LogP contribution in [0.3, 0.4) is 0 Å². The number of benzene rings is 3. The molecule has 1 saturated heterocycles. The van der Waals surface area contributed by atoms with Crippen molar-refractivity contribution < 1.29 is 31.7 Å². The summed E-state index contributed by atoms with van der Waals surface area (Å²) < 4.78 is 36.9. The van der Waals surface area contributed by atoms with Crippen molar-refractivity contribution in [2.75, 3.05) is 12.0 Å². The summed E-state index contributed by atoms with van der Waals surface area (Å²) in [4.78, 5) is 39.2. The number of imide groups is 2. The largest absolute Gasteiger partial charge is 0.493 e. The van der Waals surface area contributed by atoms with Gasteiger partial charge in [-0.25, -0.2) is 9.69 Å². The molecule has 0 aromatic heterocycles. The first kappa shape index (κ1) is 28.9. The molecule has 1 N–H and O–H groups in total. The fourth-order valence-electron chi connectivity index (χ4n) is 3.87. The highest BCUT2D eigenvalue weighted by Crippen LogP contribution is 2.37. The summed E-state index contributed by atoms with van der Waals surface area (Å²) in [5.41, 5.74) is 1.28. The molecule has 0 atom stereocenters. The average Bonchev–Trinajstić information content (AvgIpc) is 2.90. The molecule has 0 radical (unpaired) electrons. The number of anilines is 1. The lowest BCUT2D eigenvalue weighted by Crippen LogP contribution is -2.54. The number of barbiturate groups is 1. The van der Waals surface area contributed by atoms with E-state index in [4.69, 9.17) is 32.1 Å². The number of halogens is 2. The Labute approximate surface area is 240 Å². The smallest absolute Gasteiger partial charge is 0.339 e. The van der Waals surface area contributed by atoms with Crippen molar-refractivity contribution in [2.45, 2.75) is 18.2 Å². The third-order valence-electron chi connectivity index (χ3n) is 5.82. The van der Waals surface area contributed by atoms with Gasteiger partial charge in [0.15, 0.2) is 11.5 Å². The summed E-state index contributed by atoms with van der Waals surface area (Å²) in [5.74, 6) is -1.86. The number of nitrogens with one attached hydrogen (secondary N) is 1. The predicted octanol–water partition coefficient (Wildman–Crippen LogP) is 5.47. The Bertz CT molecular complexity index is 1680. The van der Waals surface area contributed by atoms with Gasteiger partial charge in [-0.2, -0.15) is 8.42 Å². The Morgan fingerprint density at radius 2 is 1.70 bits per heavy atom. The van der Waals surface area contributed by atoms with Crippen LogP contribution in [0.4, 0.5) is 10.5 Å². The number of hydrogen-bond donors (Lipinski definition) is 1. The fraction of sp³-hybridized carbons (Fsp3) is 0.107. The molecule has 9 nitrogen and oxygen atoms in total. The molecule has 0 spiro atoms. The molecule has 4 rings (SSSR count). The highest BCUT2D eigenvalue weighted by atomic mass is 35.5. The van der Waals surface area contributed by atoms with Crippen LogP contribution in [0.25, 0.3) is 6.08 Å². The van der Waals surface area contributed by atoms with E-state index in [-0.39, 0.29) is 44.1 Å². The van der Waals surface area contributed by atoms with E-state index in [0.29, 0.717) is 11.1 Å². The van der Waals surface area contributed by atoms with Crippen LogP contribution in [0.5, 0.6) is 11.5 Å². The molecule has 3 aromatic carbocycles. The zero-order chi connectivity index (χ0) is 29.2. The van der Waals surface area contributed by atoms with Crippen LogP contribution in [-0.4, -0.2) is 33.4 Å². The van der Waals surface area contributed by atoms with Crippen LogP contribution < -0.4 is 19.1 Å². The summed E-state index contributed by atoms with van der Waals surface area (Å²) >= 11 is 12.0. The molecule has 1 heterocycles. The Hall–Kier alpha value is -4.12. The minimum atomic E-state index is -4.22. The number of aryl methyl sites for hydroxylation is 1. The van der Waals surface area contributed by atoms with E-state index in [1.807, 2.05) is 6.92 Å². The van der Waals surface area contributed by atoms with Crippen molar-refractivity contribution in [1.29, 1.82) is 0 Å². The van der Waals surface area contributed by atoms with Gasteiger partial charge >= 0.3 is 16.1 Å². The Kier molecular flexibility index (Phi) is 8.34. The molecule has 0 saturated carbocycles. The number of carbonyl (C=O) groups excluding carboxylic acids is 3. The lowest BCUT2D eigenvalue weighted by molar-refractivity contribution is -0.122. The van der Waals surface area contributed by atoms with Crippen LogP contribution in [0, 0.1) is 6.92 Å². The summed E-state index contributed by atoms with van der Waals surface area (Å²) in [5, 5.41) is 2.45. The van der Waals surface area contributed by atoms with Gasteiger partial charge in [-0.15, -0.1) is 6.58 Å². The van der Waals surface area contributed by atoms with E-state index in [9.17, 15) is 22.8 Å². The number of carbonyl (C=O) groups is 3. The minimum Gasteiger partial charge on any atom is -0.493 e. The highest BCUT2D eigenvalue weighted by Gasteiger charge is 2.37. The molecule has 1 aliphatic rings. The van der Waals surface area contributed by atoms with Crippen molar-refractivity contribution in [3.8, 4) is 11.5 Å². The van der Waals surface area contributed by atoms with E-state index in [1.54, 1.807) is 12.1 Å². The second kappa shape index (κ2) is 11.5. The standard InChI is InChI=1S/C28H22Cl2N2O7S/c1-4-5-18-12-17(14-24(38-3)25(18)39-40(36,37)20-9-6-16(2)7-10-20)13-21-26(33)31-28(35)32(27(21)34)19-8-11-22(29)23(30)15-19/h4,6-15H,1,5H2,2-3H3,(H,31,33,35)/b21-13+. The second-order valence-electron chi connectivity index (χ2n) is 8.61. The summed E-state index contributed by atoms with van der Waals surface area (Å²) in [6.45, 7) is 5.53. The average molecular weight is 601 g/mol. The molecular formula is C28H22Cl2N2O7S. The van der Waals surface area contributed by atoms with Crippen LogP contribution >= 0.6 is 23.2 Å². The first-order chi connectivity index (χ1) is 18.9. The molecular weight excluding hydrogens is 579 g/mol. The van der Waals surface area contributed by atoms with Crippen molar-refractivity contribution in [3.63, 3.8) is 0 Å². The molecule has 4 amide bonds. The van der Waals surface area contributed by atoms with Gasteiger partial charge in [-0.3, -0.25) is 14.9 Å². The molecule has 1 aliphatic heterocycles. The second-order valence-corrected chi connectivity index (χ2v) is 11.0. The summed E-state index contributed by atoms with van der Waals surface area (Å²) in [7, 11) is -2.91. The molecule has 0 unspecified atom stereocenters. The number of rotatable bonds is 8. The Morgan fingerprint density at radius 1 is 1.00 bits per heavy atom. The van der Waals surface area contributed by atoms with Crippen molar-refractivity contribution in [3.05, 3.63) is 99.6 Å². The molecule has 0 bridgehead atoms. The molecule has 12 heteroatoms. The van der Waals surface area contributed by atoms with E-state index < -0.39 is 28.0 Å². The monoisotopic (exact) mass is 600 g/mol.